The van der Waals surface area contributed by atoms with Crippen LogP contribution in [0, 0.1) is 0 Å². The summed E-state index contributed by atoms with van der Waals surface area (Å²) in [6.07, 6.45) is 2.78. The molecule has 0 aromatic carbocycles. The summed E-state index contributed by atoms with van der Waals surface area (Å²) in [5, 5.41) is 23.2. The number of aliphatic hydroxyl groups is 2. The van der Waals surface area contributed by atoms with Gasteiger partial charge in [0, 0.05) is 33.4 Å². The zero-order valence-corrected chi connectivity index (χ0v) is 10.6. The van der Waals surface area contributed by atoms with Crippen LogP contribution in [-0.4, -0.2) is 47.7 Å². The van der Waals surface area contributed by atoms with Crippen LogP contribution in [0.5, 0.6) is 0 Å². The largest absolute Gasteiger partial charge is 0.481 e. The molecule has 0 atom stereocenters. The normalized spacial score (nSPS) is 8.31. The van der Waals surface area contributed by atoms with Crippen LogP contribution < -0.4 is 0 Å². The highest BCUT2D eigenvalue weighted by Crippen LogP contribution is 1.81. The van der Waals surface area contributed by atoms with Crippen molar-refractivity contribution in [3.8, 4) is 0 Å². The molecule has 3 N–H and O–H groups in total. The Labute approximate surface area is 98.1 Å². The number of aliphatic hydroxyl groups excluding tert-OH is 2. The van der Waals surface area contributed by atoms with Crippen molar-refractivity contribution in [1.29, 1.82) is 0 Å². The van der Waals surface area contributed by atoms with Gasteiger partial charge in [-0.25, -0.2) is 0 Å². The molecule has 0 fully saturated rings. The molecule has 0 aliphatic heterocycles. The summed E-state index contributed by atoms with van der Waals surface area (Å²) < 4.78 is 5.13. The van der Waals surface area contributed by atoms with Crippen LogP contribution in [-0.2, 0) is 9.53 Å². The highest BCUT2D eigenvalue weighted by Gasteiger charge is 1.77. The van der Waals surface area contributed by atoms with Gasteiger partial charge in [-0.05, 0) is 19.3 Å². The number of carbonyl (C=O) groups is 1. The van der Waals surface area contributed by atoms with E-state index in [2.05, 4.69) is 13.8 Å². The number of ether oxygens (including phenoxy) is 1. The second-order valence-electron chi connectivity index (χ2n) is 2.93. The predicted octanol–water partition coefficient (Wildman–Crippen LogP) is 1.27. The average molecular weight is 238 g/mol. The van der Waals surface area contributed by atoms with Gasteiger partial charge >= 0.3 is 0 Å². The maximum Gasteiger partial charge on any atom is 0.300 e. The Balaban J connectivity index is -0.000000166. The van der Waals surface area contributed by atoms with Crippen LogP contribution in [0.25, 0.3) is 0 Å². The van der Waals surface area contributed by atoms with Crippen LogP contribution in [0.3, 0.4) is 0 Å². The van der Waals surface area contributed by atoms with Gasteiger partial charge in [-0.1, -0.05) is 13.8 Å². The first-order chi connectivity index (χ1) is 7.56. The first-order valence-corrected chi connectivity index (χ1v) is 5.55. The second kappa shape index (κ2) is 23.9. The third-order valence-corrected chi connectivity index (χ3v) is 1.01. The Kier molecular flexibility index (Phi) is 30.9. The van der Waals surface area contributed by atoms with E-state index in [0.29, 0.717) is 6.42 Å². The molecule has 0 saturated heterocycles. The molecule has 0 saturated carbocycles. The van der Waals surface area contributed by atoms with E-state index in [9.17, 15) is 0 Å². The lowest BCUT2D eigenvalue weighted by atomic mass is 10.5. The number of carboxylic acids is 1. The van der Waals surface area contributed by atoms with Gasteiger partial charge in [0.2, 0.25) is 0 Å². The van der Waals surface area contributed by atoms with Crippen molar-refractivity contribution in [2.75, 3.05) is 26.4 Å². The molecular formula is C11H26O5. The topological polar surface area (TPSA) is 87.0 Å². The van der Waals surface area contributed by atoms with E-state index in [1.165, 1.54) is 0 Å². The Hall–Kier alpha value is -0.650. The third-order valence-electron chi connectivity index (χ3n) is 1.01. The summed E-state index contributed by atoms with van der Waals surface area (Å²) in [5.74, 6) is -0.833. The fraction of sp³-hybridized carbons (Fsp3) is 0.909. The van der Waals surface area contributed by atoms with Gasteiger partial charge < -0.3 is 20.1 Å². The predicted molar refractivity (Wildman–Crippen MR) is 63.5 cm³/mol. The minimum absolute atomic E-state index is 0.0938. The van der Waals surface area contributed by atoms with Gasteiger partial charge in [0.25, 0.3) is 5.97 Å². The first-order valence-electron chi connectivity index (χ1n) is 5.55. The standard InChI is InChI=1S/C6H14O.C3H8O2.C2H4O2/c1-3-5-7-6-4-2;4-2-1-3-5;1-2(3)4/h3-6H2,1-2H3;4-5H,1-3H2;1H3,(H,3,4). The van der Waals surface area contributed by atoms with E-state index in [-0.39, 0.29) is 13.2 Å². The van der Waals surface area contributed by atoms with E-state index < -0.39 is 5.97 Å². The van der Waals surface area contributed by atoms with Gasteiger partial charge in [0.1, 0.15) is 0 Å². The van der Waals surface area contributed by atoms with Gasteiger partial charge in [0.15, 0.2) is 0 Å². The molecule has 0 aliphatic carbocycles. The summed E-state index contributed by atoms with van der Waals surface area (Å²) in [7, 11) is 0. The minimum Gasteiger partial charge on any atom is -0.481 e. The Morgan fingerprint density at radius 3 is 1.50 bits per heavy atom. The van der Waals surface area contributed by atoms with Crippen molar-refractivity contribution >= 4 is 5.97 Å². The minimum atomic E-state index is -0.833. The number of hydrogen-bond donors (Lipinski definition) is 3. The summed E-state index contributed by atoms with van der Waals surface area (Å²) >= 11 is 0. The van der Waals surface area contributed by atoms with Gasteiger partial charge in [0.05, 0.1) is 0 Å². The van der Waals surface area contributed by atoms with E-state index in [1.54, 1.807) is 0 Å². The highest BCUT2D eigenvalue weighted by molar-refractivity contribution is 5.62. The fourth-order valence-corrected chi connectivity index (χ4v) is 0.461. The SMILES string of the molecule is CC(=O)O.CCCOCCC.OCCCO. The van der Waals surface area contributed by atoms with Crippen LogP contribution in [0.2, 0.25) is 0 Å². The van der Waals surface area contributed by atoms with Crippen molar-refractivity contribution < 1.29 is 24.9 Å². The summed E-state index contributed by atoms with van der Waals surface area (Å²) in [6, 6.07) is 0. The molecule has 100 valence electrons. The van der Waals surface area contributed by atoms with Crippen molar-refractivity contribution in [2.24, 2.45) is 0 Å². The highest BCUT2D eigenvalue weighted by atomic mass is 16.5. The second-order valence-corrected chi connectivity index (χ2v) is 2.93. The molecule has 0 aromatic heterocycles. The molecule has 0 spiro atoms. The zero-order valence-electron chi connectivity index (χ0n) is 10.6. The molecule has 0 aliphatic rings. The fourth-order valence-electron chi connectivity index (χ4n) is 0.461. The Morgan fingerprint density at radius 2 is 1.38 bits per heavy atom. The Bertz CT molecular complexity index is 107. The van der Waals surface area contributed by atoms with Gasteiger partial charge in [-0.2, -0.15) is 0 Å². The van der Waals surface area contributed by atoms with Crippen LogP contribution >= 0.6 is 0 Å². The lowest BCUT2D eigenvalue weighted by molar-refractivity contribution is -0.134. The lowest BCUT2D eigenvalue weighted by Crippen LogP contribution is -1.92. The van der Waals surface area contributed by atoms with Crippen molar-refractivity contribution in [1.82, 2.24) is 0 Å². The molecule has 0 unspecified atom stereocenters. The van der Waals surface area contributed by atoms with Gasteiger partial charge in [-0.3, -0.25) is 4.79 Å². The van der Waals surface area contributed by atoms with Crippen LogP contribution in [0.4, 0.5) is 0 Å². The molecule has 0 bridgehead atoms. The summed E-state index contributed by atoms with van der Waals surface area (Å²) in [6.45, 7) is 7.36. The monoisotopic (exact) mass is 238 g/mol. The van der Waals surface area contributed by atoms with E-state index in [1.807, 2.05) is 0 Å². The number of hydrogen-bond acceptors (Lipinski definition) is 4. The van der Waals surface area contributed by atoms with Gasteiger partial charge in [-0.15, -0.1) is 0 Å². The van der Waals surface area contributed by atoms with E-state index in [0.717, 1.165) is 33.0 Å². The Morgan fingerprint density at radius 1 is 1.06 bits per heavy atom. The maximum absolute atomic E-state index is 9.00. The molecule has 0 radical (unpaired) electrons. The number of aliphatic carboxylic acids is 1. The molecule has 0 aromatic rings. The summed E-state index contributed by atoms with van der Waals surface area (Å²) in [4.78, 5) is 9.00. The quantitative estimate of drug-likeness (QED) is 0.607. The first kappa shape index (κ1) is 20.7. The molecule has 0 rings (SSSR count). The number of rotatable bonds is 6. The van der Waals surface area contributed by atoms with E-state index >= 15 is 0 Å². The molecule has 5 heteroatoms. The molecule has 0 amide bonds. The molecule has 0 heterocycles. The van der Waals surface area contributed by atoms with Crippen molar-refractivity contribution in [2.45, 2.75) is 40.0 Å². The van der Waals surface area contributed by atoms with Crippen molar-refractivity contribution in [3.63, 3.8) is 0 Å². The third kappa shape index (κ3) is 71.1. The summed E-state index contributed by atoms with van der Waals surface area (Å²) in [5.41, 5.74) is 0. The number of carboxylic acid groups (broad SMARTS) is 1. The average Bonchev–Trinajstić information content (AvgIpc) is 2.20. The zero-order chi connectivity index (χ0) is 13.2. The van der Waals surface area contributed by atoms with E-state index in [4.69, 9.17) is 24.9 Å². The molecule has 16 heavy (non-hydrogen) atoms. The molecule has 5 nitrogen and oxygen atoms in total. The van der Waals surface area contributed by atoms with Crippen molar-refractivity contribution in [3.05, 3.63) is 0 Å². The lowest BCUT2D eigenvalue weighted by Gasteiger charge is -1.95. The van der Waals surface area contributed by atoms with Crippen LogP contribution in [0.15, 0.2) is 0 Å². The van der Waals surface area contributed by atoms with Crippen LogP contribution in [0.1, 0.15) is 40.0 Å². The smallest absolute Gasteiger partial charge is 0.300 e. The molecular weight excluding hydrogens is 212 g/mol. The maximum atomic E-state index is 9.00.